The number of guanidine groups is 1. The van der Waals surface area contributed by atoms with Gasteiger partial charge in [0, 0.05) is 13.0 Å². The lowest BCUT2D eigenvalue weighted by Gasteiger charge is -2.28. The molecular formula is C45H67N13O17. The smallest absolute Gasteiger partial charge is 0.326 e. The number of hydrogen-bond donors (Lipinski definition) is 20. The van der Waals surface area contributed by atoms with Gasteiger partial charge in [0.25, 0.3) is 0 Å². The van der Waals surface area contributed by atoms with Gasteiger partial charge in [-0.15, -0.1) is 0 Å². The highest BCUT2D eigenvalue weighted by atomic mass is 16.4. The molecule has 2 aromatic carbocycles. The fourth-order valence-electron chi connectivity index (χ4n) is 6.75. The summed E-state index contributed by atoms with van der Waals surface area (Å²) in [7, 11) is 0. The Morgan fingerprint density at radius 1 is 0.533 bits per heavy atom. The Morgan fingerprint density at radius 3 is 1.39 bits per heavy atom. The molecule has 9 amide bonds. The maximum Gasteiger partial charge on any atom is 0.326 e. The summed E-state index contributed by atoms with van der Waals surface area (Å²) in [6.45, 7) is -1.28. The lowest BCUT2D eigenvalue weighted by Crippen LogP contribution is -2.63. The van der Waals surface area contributed by atoms with E-state index in [2.05, 4.69) is 42.5 Å². The van der Waals surface area contributed by atoms with E-state index in [1.165, 1.54) is 24.3 Å². The third-order valence-corrected chi connectivity index (χ3v) is 10.9. The first-order valence-electron chi connectivity index (χ1n) is 23.1. The zero-order valence-corrected chi connectivity index (χ0v) is 40.9. The van der Waals surface area contributed by atoms with Gasteiger partial charge < -0.3 is 101 Å². The Balaban J connectivity index is 2.23. The van der Waals surface area contributed by atoms with E-state index < -0.39 is 158 Å². The van der Waals surface area contributed by atoms with Crippen molar-refractivity contribution in [2.75, 3.05) is 26.4 Å². The van der Waals surface area contributed by atoms with Crippen molar-refractivity contribution in [3.63, 3.8) is 0 Å². The number of phenolic OH excluding ortho intramolecular Hbond substituents is 1. The fraction of sp³-hybridized carbons (Fsp3) is 0.489. The third kappa shape index (κ3) is 21.9. The van der Waals surface area contributed by atoms with Crippen molar-refractivity contribution >= 4 is 65.1 Å². The van der Waals surface area contributed by atoms with Gasteiger partial charge in [0.2, 0.25) is 53.2 Å². The highest BCUT2D eigenvalue weighted by molar-refractivity contribution is 5.99. The van der Waals surface area contributed by atoms with Gasteiger partial charge in [-0.3, -0.25) is 48.6 Å². The molecule has 75 heavy (non-hydrogen) atoms. The van der Waals surface area contributed by atoms with Crippen LogP contribution < -0.4 is 65.1 Å². The fourth-order valence-corrected chi connectivity index (χ4v) is 6.75. The van der Waals surface area contributed by atoms with Crippen LogP contribution in [0.4, 0.5) is 0 Å². The number of carboxylic acid groups (broad SMARTS) is 1. The number of carbonyl (C=O) groups excluding carboxylic acids is 9. The van der Waals surface area contributed by atoms with Crippen LogP contribution >= 0.6 is 0 Å². The average molecular weight is 1060 g/mol. The summed E-state index contributed by atoms with van der Waals surface area (Å²) in [5, 5.41) is 97.5. The topological polar surface area (TPSA) is 522 Å². The lowest BCUT2D eigenvalue weighted by atomic mass is 10.0. The van der Waals surface area contributed by atoms with Crippen LogP contribution in [0.25, 0.3) is 0 Å². The second-order valence-corrected chi connectivity index (χ2v) is 17.0. The number of phenols is 1. The summed E-state index contributed by atoms with van der Waals surface area (Å²) in [4.78, 5) is 131. The van der Waals surface area contributed by atoms with Crippen LogP contribution in [-0.4, -0.2) is 194 Å². The molecule has 2 rings (SSSR count). The van der Waals surface area contributed by atoms with E-state index in [1.54, 1.807) is 30.3 Å². The predicted molar refractivity (Wildman–Crippen MR) is 261 cm³/mol. The molecule has 0 aliphatic carbocycles. The Kier molecular flexibility index (Phi) is 26.5. The van der Waals surface area contributed by atoms with Gasteiger partial charge in [-0.05, 0) is 56.4 Å². The molecule has 414 valence electrons. The summed E-state index contributed by atoms with van der Waals surface area (Å²) in [6, 6.07) is -2.03. The summed E-state index contributed by atoms with van der Waals surface area (Å²) in [5.41, 5.74) is 17.5. The normalized spacial score (nSPS) is 15.4. The molecule has 2 aromatic rings. The number of aliphatic carboxylic acids is 1. The number of nitrogens with two attached hydrogens (primary N) is 3. The first-order chi connectivity index (χ1) is 35.3. The monoisotopic (exact) mass is 1060 g/mol. The molecule has 11 atom stereocenters. The van der Waals surface area contributed by atoms with Gasteiger partial charge in [0.05, 0.1) is 44.5 Å². The van der Waals surface area contributed by atoms with E-state index >= 15 is 0 Å². The SMILES string of the molecule is C[C@@H](O)[C@H](NC(=O)[C@H](CO)NC(=O)[C@H](CO)NC(=O)[C@@H](NC(=O)[C@@H](N)Cc1ccccc1)[C@@H](C)O)C(=O)N[C@@H](CO)C(=O)N[C@@H](Cc1ccc(O)cc1)C(=O)N[C@@H](CC(N)=O)C(=O)N[C@@H](CCCNC(=N)N)C(=O)O. The summed E-state index contributed by atoms with van der Waals surface area (Å²) in [5.74, 6) is -12.8. The van der Waals surface area contributed by atoms with Crippen molar-refractivity contribution in [2.24, 2.45) is 17.2 Å². The van der Waals surface area contributed by atoms with E-state index in [9.17, 15) is 83.7 Å². The Morgan fingerprint density at radius 2 is 0.933 bits per heavy atom. The molecule has 0 bridgehead atoms. The van der Waals surface area contributed by atoms with Gasteiger partial charge in [-0.25, -0.2) is 4.79 Å². The van der Waals surface area contributed by atoms with E-state index in [0.717, 1.165) is 13.8 Å². The number of aliphatic hydroxyl groups is 5. The van der Waals surface area contributed by atoms with Crippen LogP contribution in [0, 0.1) is 5.41 Å². The first kappa shape index (κ1) is 63.1. The zero-order chi connectivity index (χ0) is 56.5. The van der Waals surface area contributed by atoms with Gasteiger partial charge in [0.15, 0.2) is 5.96 Å². The molecule has 0 aromatic heterocycles. The lowest BCUT2D eigenvalue weighted by molar-refractivity contribution is -0.142. The molecule has 0 spiro atoms. The number of aliphatic hydroxyl groups excluding tert-OH is 5. The minimum atomic E-state index is -2.01. The molecule has 30 nitrogen and oxygen atoms in total. The second-order valence-electron chi connectivity index (χ2n) is 17.0. The maximum atomic E-state index is 13.8. The van der Waals surface area contributed by atoms with Gasteiger partial charge in [-0.1, -0.05) is 42.5 Å². The molecule has 0 aliphatic rings. The molecule has 0 saturated heterocycles. The molecule has 0 radical (unpaired) electrons. The summed E-state index contributed by atoms with van der Waals surface area (Å²) in [6.07, 6.45) is -4.68. The number of nitrogens with one attached hydrogen (secondary N) is 10. The van der Waals surface area contributed by atoms with Gasteiger partial charge >= 0.3 is 5.97 Å². The predicted octanol–water partition coefficient (Wildman–Crippen LogP) is -8.66. The number of amides is 9. The van der Waals surface area contributed by atoms with E-state index in [0.29, 0.717) is 5.56 Å². The molecule has 0 saturated carbocycles. The highest BCUT2D eigenvalue weighted by Gasteiger charge is 2.37. The van der Waals surface area contributed by atoms with Gasteiger partial charge in [0.1, 0.15) is 54.1 Å². The number of rotatable bonds is 32. The molecule has 0 aliphatic heterocycles. The Bertz CT molecular complexity index is 2290. The molecule has 0 heterocycles. The number of aromatic hydroxyl groups is 1. The third-order valence-electron chi connectivity index (χ3n) is 10.9. The Hall–Kier alpha value is -8.03. The average Bonchev–Trinajstić information content (AvgIpc) is 3.35. The number of primary amides is 1. The minimum Gasteiger partial charge on any atom is -0.508 e. The van der Waals surface area contributed by atoms with Crippen molar-refractivity contribution in [1.29, 1.82) is 5.41 Å². The van der Waals surface area contributed by atoms with Crippen molar-refractivity contribution < 1.29 is 83.7 Å². The number of carboxylic acids is 1. The second kappa shape index (κ2) is 31.5. The van der Waals surface area contributed by atoms with Crippen LogP contribution in [0.1, 0.15) is 44.2 Å². The standard InChI is InChI=1S/C45H67N13O17/c1-21(62)34(57-36(66)26(46)15-23-7-4-3-5-8-23)42(72)56-31(19-60)40(70)54-32(20-61)41(71)58-35(22(2)63)43(73)55-30(18-59)39(69)52-28(16-24-10-12-25(64)13-11-24)37(67)53-29(17-33(47)65)38(68)51-27(44(74)75)9-6-14-50-45(48)49/h3-5,7-8,10-13,21-22,26-32,34-35,59-64H,6,9,14-20,46H2,1-2H3,(H2,47,65)(H,51,68)(H,52,69)(H,53,67)(H,54,70)(H,55,73)(H,56,72)(H,57,66)(H,58,71)(H,74,75)(H4,48,49,50)/t21-,22-,26+,27+,28+,29+,30+,31+,32+,34+,35+/m1/s1. The molecule has 23 N–H and O–H groups in total. The van der Waals surface area contributed by atoms with Crippen molar-refractivity contribution in [1.82, 2.24) is 47.9 Å². The highest BCUT2D eigenvalue weighted by Crippen LogP contribution is 2.13. The zero-order valence-electron chi connectivity index (χ0n) is 40.9. The van der Waals surface area contributed by atoms with Crippen LogP contribution in [0.5, 0.6) is 5.75 Å². The van der Waals surface area contributed by atoms with E-state index in [1.807, 2.05) is 5.32 Å². The molecule has 0 fully saturated rings. The van der Waals surface area contributed by atoms with Crippen molar-refractivity contribution in [3.05, 3.63) is 65.7 Å². The Labute approximate surface area is 428 Å². The minimum absolute atomic E-state index is 0.0604. The number of benzene rings is 2. The van der Waals surface area contributed by atoms with E-state index in [-0.39, 0.29) is 43.1 Å². The van der Waals surface area contributed by atoms with Crippen molar-refractivity contribution in [3.8, 4) is 5.75 Å². The van der Waals surface area contributed by atoms with E-state index in [4.69, 9.17) is 22.6 Å². The van der Waals surface area contributed by atoms with Crippen LogP contribution in [-0.2, 0) is 60.8 Å². The molecule has 0 unspecified atom stereocenters. The van der Waals surface area contributed by atoms with Gasteiger partial charge in [-0.2, -0.15) is 0 Å². The number of hydrogen-bond acceptors (Lipinski definition) is 18. The number of carbonyl (C=O) groups is 10. The molecular weight excluding hydrogens is 995 g/mol. The van der Waals surface area contributed by atoms with Crippen molar-refractivity contribution in [2.45, 2.75) is 113 Å². The molecule has 30 heteroatoms. The summed E-state index contributed by atoms with van der Waals surface area (Å²) >= 11 is 0. The summed E-state index contributed by atoms with van der Waals surface area (Å²) < 4.78 is 0. The quantitative estimate of drug-likeness (QED) is 0.0184. The maximum absolute atomic E-state index is 13.8. The van der Waals surface area contributed by atoms with Crippen LogP contribution in [0.3, 0.4) is 0 Å². The first-order valence-corrected chi connectivity index (χ1v) is 23.1. The van der Waals surface area contributed by atoms with Crippen LogP contribution in [0.2, 0.25) is 0 Å². The largest absolute Gasteiger partial charge is 0.508 e. The van der Waals surface area contributed by atoms with Crippen LogP contribution in [0.15, 0.2) is 54.6 Å².